The number of hydrogen-bond donors (Lipinski definition) is 2. The van der Waals surface area contributed by atoms with Crippen LogP contribution >= 0.6 is 0 Å². The number of carboxylic acid groups (broad SMARTS) is 1. The van der Waals surface area contributed by atoms with Crippen LogP contribution in [0.4, 0.5) is 8.78 Å². The SMILES string of the molecule is Cc1cccc(C[C@@H](O)C=C[C@@H]2[C@@H]3[C@H](C[C@H]2O)O/C(=C/CCCC(=O)[O-])C3(F)F)c1.[Na+]. The van der Waals surface area contributed by atoms with Gasteiger partial charge in [-0.05, 0) is 37.8 Å². The number of carboxylic acids is 1. The van der Waals surface area contributed by atoms with Crippen LogP contribution < -0.4 is 34.7 Å². The van der Waals surface area contributed by atoms with Crippen LogP contribution in [-0.4, -0.2) is 40.4 Å². The van der Waals surface area contributed by atoms with Crippen molar-refractivity contribution < 1.29 is 63.2 Å². The van der Waals surface area contributed by atoms with Crippen molar-refractivity contribution in [2.45, 2.75) is 63.3 Å². The molecule has 0 unspecified atom stereocenters. The fraction of sp³-hybridized carbons (Fsp3) is 0.522. The van der Waals surface area contributed by atoms with E-state index in [1.807, 2.05) is 31.2 Å². The molecule has 1 aliphatic heterocycles. The van der Waals surface area contributed by atoms with E-state index in [1.165, 1.54) is 18.2 Å². The first-order valence-electron chi connectivity index (χ1n) is 10.2. The molecule has 0 amide bonds. The molecule has 2 aliphatic rings. The molecule has 0 bridgehead atoms. The fourth-order valence-electron chi connectivity index (χ4n) is 4.35. The van der Waals surface area contributed by atoms with E-state index in [1.54, 1.807) is 0 Å². The van der Waals surface area contributed by atoms with Crippen LogP contribution in [0, 0.1) is 18.8 Å². The number of aliphatic hydroxyl groups excluding tert-OH is 2. The van der Waals surface area contributed by atoms with Crippen molar-refractivity contribution in [1.29, 1.82) is 0 Å². The number of benzene rings is 1. The number of rotatable bonds is 8. The molecule has 31 heavy (non-hydrogen) atoms. The van der Waals surface area contributed by atoms with Gasteiger partial charge in [-0.3, -0.25) is 0 Å². The Morgan fingerprint density at radius 1 is 1.42 bits per heavy atom. The van der Waals surface area contributed by atoms with Crippen LogP contribution in [0.3, 0.4) is 0 Å². The number of halogens is 2. The molecule has 0 spiro atoms. The summed E-state index contributed by atoms with van der Waals surface area (Å²) < 4.78 is 35.3. The van der Waals surface area contributed by atoms with Crippen molar-refractivity contribution in [3.63, 3.8) is 0 Å². The molecule has 8 heteroatoms. The number of aliphatic hydroxyl groups is 2. The number of hydrogen-bond acceptors (Lipinski definition) is 5. The van der Waals surface area contributed by atoms with Gasteiger partial charge in [0.1, 0.15) is 6.10 Å². The summed E-state index contributed by atoms with van der Waals surface area (Å²) in [7, 11) is 0. The van der Waals surface area contributed by atoms with E-state index < -0.39 is 47.8 Å². The molecule has 1 saturated heterocycles. The van der Waals surface area contributed by atoms with Gasteiger partial charge >= 0.3 is 35.5 Å². The predicted molar refractivity (Wildman–Crippen MR) is 104 cm³/mol. The third-order valence-corrected chi connectivity index (χ3v) is 5.76. The van der Waals surface area contributed by atoms with Gasteiger partial charge in [-0.15, -0.1) is 0 Å². The van der Waals surface area contributed by atoms with Crippen LogP contribution in [0.15, 0.2) is 48.3 Å². The Bertz CT molecular complexity index is 826. The van der Waals surface area contributed by atoms with Crippen LogP contribution in [0.25, 0.3) is 0 Å². The molecule has 0 radical (unpaired) electrons. The van der Waals surface area contributed by atoms with E-state index in [-0.39, 0.29) is 55.2 Å². The van der Waals surface area contributed by atoms with Crippen LogP contribution in [0.1, 0.15) is 36.8 Å². The summed E-state index contributed by atoms with van der Waals surface area (Å²) in [6.07, 6.45) is 2.11. The molecule has 1 aromatic carbocycles. The third-order valence-electron chi connectivity index (χ3n) is 5.76. The first kappa shape index (κ1) is 26.0. The van der Waals surface area contributed by atoms with Gasteiger partial charge in [-0.2, -0.15) is 8.78 Å². The predicted octanol–water partition coefficient (Wildman–Crippen LogP) is -0.706. The number of fused-ring (bicyclic) bond motifs is 1. The second kappa shape index (κ2) is 11.1. The Hall–Kier alpha value is -1.25. The Morgan fingerprint density at radius 2 is 2.16 bits per heavy atom. The van der Waals surface area contributed by atoms with Crippen LogP contribution in [0.5, 0.6) is 0 Å². The average molecular weight is 444 g/mol. The largest absolute Gasteiger partial charge is 1.00 e. The summed E-state index contributed by atoms with van der Waals surface area (Å²) in [4.78, 5) is 10.5. The topological polar surface area (TPSA) is 89.8 Å². The Kier molecular flexibility index (Phi) is 9.27. The molecule has 1 heterocycles. The number of alkyl halides is 2. The molecule has 5 atom stereocenters. The minimum absolute atomic E-state index is 0. The Balaban J connectivity index is 0.00000341. The molecule has 2 fully saturated rings. The average Bonchev–Trinajstić information content (AvgIpc) is 3.09. The number of aliphatic carboxylic acids is 1. The maximum Gasteiger partial charge on any atom is 1.00 e. The first-order valence-corrected chi connectivity index (χ1v) is 10.2. The second-order valence-corrected chi connectivity index (χ2v) is 8.16. The first-order chi connectivity index (χ1) is 14.2. The fourth-order valence-corrected chi connectivity index (χ4v) is 4.35. The summed E-state index contributed by atoms with van der Waals surface area (Å²) in [5, 5.41) is 31.0. The van der Waals surface area contributed by atoms with Crippen molar-refractivity contribution in [3.8, 4) is 0 Å². The number of carbonyl (C=O) groups excluding carboxylic acids is 1. The number of ether oxygens (including phenoxy) is 1. The van der Waals surface area contributed by atoms with Crippen molar-refractivity contribution in [3.05, 3.63) is 59.4 Å². The van der Waals surface area contributed by atoms with Crippen LogP contribution in [-0.2, 0) is 16.0 Å². The maximum absolute atomic E-state index is 15.0. The van der Waals surface area contributed by atoms with E-state index in [0.717, 1.165) is 11.1 Å². The smallest absolute Gasteiger partial charge is 0.550 e. The van der Waals surface area contributed by atoms with E-state index in [2.05, 4.69) is 0 Å². The molecule has 1 aliphatic carbocycles. The number of aryl methyl sites for hydroxylation is 1. The van der Waals surface area contributed by atoms with Crippen molar-refractivity contribution >= 4 is 5.97 Å². The molecule has 1 saturated carbocycles. The van der Waals surface area contributed by atoms with Gasteiger partial charge in [0.25, 0.3) is 0 Å². The van der Waals surface area contributed by atoms with Gasteiger partial charge in [0.2, 0.25) is 0 Å². The molecule has 164 valence electrons. The molecular formula is C23H27F2NaO5. The summed E-state index contributed by atoms with van der Waals surface area (Å²) in [6, 6.07) is 7.69. The molecule has 5 nitrogen and oxygen atoms in total. The van der Waals surface area contributed by atoms with Crippen molar-refractivity contribution in [2.75, 3.05) is 0 Å². The summed E-state index contributed by atoms with van der Waals surface area (Å²) in [5.41, 5.74) is 2.01. The normalized spacial score (nSPS) is 28.9. The number of unbranched alkanes of at least 4 members (excludes halogenated alkanes) is 1. The van der Waals surface area contributed by atoms with Crippen molar-refractivity contribution in [2.24, 2.45) is 11.8 Å². The monoisotopic (exact) mass is 444 g/mol. The van der Waals surface area contributed by atoms with Crippen molar-refractivity contribution in [1.82, 2.24) is 0 Å². The van der Waals surface area contributed by atoms with Gasteiger partial charge in [0.15, 0.2) is 5.76 Å². The third kappa shape index (κ3) is 6.39. The summed E-state index contributed by atoms with van der Waals surface area (Å²) >= 11 is 0. The molecule has 3 rings (SSSR count). The van der Waals surface area contributed by atoms with E-state index >= 15 is 0 Å². The molecule has 2 N–H and O–H groups in total. The Labute approximate surface area is 203 Å². The minimum Gasteiger partial charge on any atom is -0.550 e. The van der Waals surface area contributed by atoms with Gasteiger partial charge < -0.3 is 24.9 Å². The molecular weight excluding hydrogens is 417 g/mol. The van der Waals surface area contributed by atoms with Gasteiger partial charge in [0.05, 0.1) is 18.1 Å². The quantitative estimate of drug-likeness (QED) is 0.314. The van der Waals surface area contributed by atoms with Crippen LogP contribution in [0.2, 0.25) is 0 Å². The van der Waals surface area contributed by atoms with Gasteiger partial charge in [0, 0.05) is 24.7 Å². The molecule has 0 aromatic heterocycles. The number of allylic oxidation sites excluding steroid dienone is 2. The number of carbonyl (C=O) groups is 1. The standard InChI is InChI=1S/C23H28F2O5.Na/c1-14-5-4-6-15(11-14)12-16(26)9-10-17-18(27)13-19-22(17)23(24,25)20(30-19)7-2-3-8-21(28)29;/h4-7,9-11,16-19,22,26-27H,2-3,8,12-13H2,1H3,(H,28,29);/q;+1/p-1/b10-9?,20-7+;/t16-,17-,18+,19-,22+;/m0./s1. The van der Waals surface area contributed by atoms with Gasteiger partial charge in [-0.25, -0.2) is 0 Å². The molecule has 1 aromatic rings. The van der Waals surface area contributed by atoms with E-state index in [0.29, 0.717) is 6.42 Å². The zero-order valence-electron chi connectivity index (χ0n) is 17.8. The maximum atomic E-state index is 15.0. The minimum atomic E-state index is -3.26. The zero-order valence-corrected chi connectivity index (χ0v) is 19.8. The second-order valence-electron chi connectivity index (χ2n) is 8.16. The van der Waals surface area contributed by atoms with E-state index in [9.17, 15) is 28.9 Å². The van der Waals surface area contributed by atoms with E-state index in [4.69, 9.17) is 4.74 Å². The Morgan fingerprint density at radius 3 is 2.84 bits per heavy atom. The summed E-state index contributed by atoms with van der Waals surface area (Å²) in [6.45, 7) is 1.95. The summed E-state index contributed by atoms with van der Waals surface area (Å²) in [5.74, 6) is -7.00. The van der Waals surface area contributed by atoms with Gasteiger partial charge in [-0.1, -0.05) is 42.0 Å². The zero-order chi connectivity index (χ0) is 21.9.